The van der Waals surface area contributed by atoms with Crippen LogP contribution in [0.2, 0.25) is 0 Å². The maximum Gasteiger partial charge on any atom is 0.244 e. The van der Waals surface area contributed by atoms with E-state index in [-0.39, 0.29) is 5.91 Å². The van der Waals surface area contributed by atoms with E-state index in [0.717, 1.165) is 11.3 Å². The summed E-state index contributed by atoms with van der Waals surface area (Å²) in [5.41, 5.74) is 1.47. The van der Waals surface area contributed by atoms with E-state index < -0.39 is 0 Å². The van der Waals surface area contributed by atoms with Crippen LogP contribution in [0.4, 0.5) is 0 Å². The van der Waals surface area contributed by atoms with Gasteiger partial charge in [0, 0.05) is 12.6 Å². The Bertz CT molecular complexity index is 678. The zero-order valence-corrected chi connectivity index (χ0v) is 11.1. The minimum Gasteiger partial charge on any atom is -0.462 e. The van der Waals surface area contributed by atoms with Gasteiger partial charge in [0.15, 0.2) is 0 Å². The third-order valence-corrected chi connectivity index (χ3v) is 2.68. The predicted molar refractivity (Wildman–Crippen MR) is 75.5 cm³/mol. The molecule has 0 spiro atoms. The van der Waals surface area contributed by atoms with Crippen LogP contribution in [0.3, 0.4) is 0 Å². The van der Waals surface area contributed by atoms with E-state index in [4.69, 9.17) is 9.68 Å². The molecule has 0 saturated carbocycles. The van der Waals surface area contributed by atoms with Gasteiger partial charge >= 0.3 is 0 Å². The minimum absolute atomic E-state index is 0.207. The minimum atomic E-state index is -0.207. The van der Waals surface area contributed by atoms with Gasteiger partial charge in [0.1, 0.15) is 11.5 Å². The van der Waals surface area contributed by atoms with E-state index in [1.807, 2.05) is 19.1 Å². The first-order valence-electron chi connectivity index (χ1n) is 6.19. The second-order valence-electron chi connectivity index (χ2n) is 4.31. The number of rotatable bonds is 4. The smallest absolute Gasteiger partial charge is 0.244 e. The molecule has 1 aromatic carbocycles. The first-order valence-corrected chi connectivity index (χ1v) is 6.19. The first kappa shape index (κ1) is 13.6. The summed E-state index contributed by atoms with van der Waals surface area (Å²) < 4.78 is 5.32. The molecule has 4 heteroatoms. The molecule has 1 N–H and O–H groups in total. The lowest BCUT2D eigenvalue weighted by molar-refractivity contribution is -0.116. The average molecular weight is 266 g/mol. The molecule has 0 radical (unpaired) electrons. The van der Waals surface area contributed by atoms with Gasteiger partial charge in [-0.3, -0.25) is 4.79 Å². The van der Waals surface area contributed by atoms with Gasteiger partial charge in [-0.25, -0.2) is 0 Å². The molecule has 20 heavy (non-hydrogen) atoms. The Morgan fingerprint density at radius 1 is 1.40 bits per heavy atom. The highest BCUT2D eigenvalue weighted by Crippen LogP contribution is 2.08. The van der Waals surface area contributed by atoms with Gasteiger partial charge < -0.3 is 9.73 Å². The molecule has 1 aromatic heterocycles. The summed E-state index contributed by atoms with van der Waals surface area (Å²) in [5.74, 6) is 1.24. The van der Waals surface area contributed by atoms with E-state index in [2.05, 4.69) is 11.4 Å². The standard InChI is InChI=1S/C16H14N2O2/c1-12-5-6-15(20-12)7-8-16(19)18-11-14-4-2-3-13(9-14)10-17/h2-9H,11H2,1H3,(H,18,19)/b8-7+. The molecule has 0 aliphatic heterocycles. The highest BCUT2D eigenvalue weighted by molar-refractivity contribution is 5.91. The Morgan fingerprint density at radius 2 is 2.25 bits per heavy atom. The van der Waals surface area contributed by atoms with Crippen molar-refractivity contribution in [3.8, 4) is 6.07 Å². The van der Waals surface area contributed by atoms with Gasteiger partial charge in [-0.15, -0.1) is 0 Å². The molecular formula is C16H14N2O2. The summed E-state index contributed by atoms with van der Waals surface area (Å²) in [4.78, 5) is 11.6. The molecule has 100 valence electrons. The molecule has 2 aromatic rings. The number of furan rings is 1. The number of aryl methyl sites for hydroxylation is 1. The third kappa shape index (κ3) is 3.85. The van der Waals surface area contributed by atoms with Gasteiger partial charge in [0.05, 0.1) is 11.6 Å². The van der Waals surface area contributed by atoms with Crippen molar-refractivity contribution in [1.29, 1.82) is 5.26 Å². The lowest BCUT2D eigenvalue weighted by Gasteiger charge is -2.02. The number of hydrogen-bond acceptors (Lipinski definition) is 3. The fourth-order valence-electron chi connectivity index (χ4n) is 1.70. The summed E-state index contributed by atoms with van der Waals surface area (Å²) in [6.07, 6.45) is 3.04. The van der Waals surface area contributed by atoms with Crippen molar-refractivity contribution in [3.05, 3.63) is 65.1 Å². The lowest BCUT2D eigenvalue weighted by atomic mass is 10.1. The number of nitrogens with zero attached hydrogens (tertiary/aromatic N) is 1. The van der Waals surface area contributed by atoms with Gasteiger partial charge in [-0.2, -0.15) is 5.26 Å². The quantitative estimate of drug-likeness (QED) is 0.865. The summed E-state index contributed by atoms with van der Waals surface area (Å²) in [6.45, 7) is 2.23. The zero-order chi connectivity index (χ0) is 14.4. The highest BCUT2D eigenvalue weighted by atomic mass is 16.3. The van der Waals surface area contributed by atoms with Crippen LogP contribution < -0.4 is 5.32 Å². The molecule has 0 atom stereocenters. The molecule has 1 heterocycles. The number of carbonyl (C=O) groups excluding carboxylic acids is 1. The number of amides is 1. The van der Waals surface area contributed by atoms with Crippen LogP contribution in [0.5, 0.6) is 0 Å². The molecule has 0 aliphatic carbocycles. The lowest BCUT2D eigenvalue weighted by Crippen LogP contribution is -2.20. The van der Waals surface area contributed by atoms with Crippen molar-refractivity contribution in [2.75, 3.05) is 0 Å². The highest BCUT2D eigenvalue weighted by Gasteiger charge is 1.99. The van der Waals surface area contributed by atoms with Crippen LogP contribution in [0.15, 0.2) is 46.9 Å². The second kappa shape index (κ2) is 6.39. The van der Waals surface area contributed by atoms with Crippen molar-refractivity contribution in [2.24, 2.45) is 0 Å². The summed E-state index contributed by atoms with van der Waals surface area (Å²) in [7, 11) is 0. The van der Waals surface area contributed by atoms with E-state index in [1.54, 1.807) is 30.3 Å². The van der Waals surface area contributed by atoms with Crippen LogP contribution in [0.25, 0.3) is 6.08 Å². The van der Waals surface area contributed by atoms with E-state index in [1.165, 1.54) is 6.08 Å². The molecular weight excluding hydrogens is 252 g/mol. The molecule has 0 bridgehead atoms. The fraction of sp³-hybridized carbons (Fsp3) is 0.125. The normalized spacial score (nSPS) is 10.4. The van der Waals surface area contributed by atoms with Crippen molar-refractivity contribution in [2.45, 2.75) is 13.5 Å². The zero-order valence-electron chi connectivity index (χ0n) is 11.1. The molecule has 0 unspecified atom stereocenters. The molecule has 0 aliphatic rings. The fourth-order valence-corrected chi connectivity index (χ4v) is 1.70. The van der Waals surface area contributed by atoms with Crippen LogP contribution in [0, 0.1) is 18.3 Å². The number of benzene rings is 1. The monoisotopic (exact) mass is 266 g/mol. The largest absolute Gasteiger partial charge is 0.462 e. The number of carbonyl (C=O) groups is 1. The van der Waals surface area contributed by atoms with Crippen LogP contribution >= 0.6 is 0 Å². The Kier molecular flexibility index (Phi) is 4.35. The van der Waals surface area contributed by atoms with Gasteiger partial charge in [0.25, 0.3) is 0 Å². The SMILES string of the molecule is Cc1ccc(/C=C/C(=O)NCc2cccc(C#N)c2)o1. The molecule has 2 rings (SSSR count). The Balaban J connectivity index is 1.89. The van der Waals surface area contributed by atoms with Gasteiger partial charge in [0.2, 0.25) is 5.91 Å². The van der Waals surface area contributed by atoms with E-state index in [9.17, 15) is 4.79 Å². The average Bonchev–Trinajstić information content (AvgIpc) is 2.89. The second-order valence-corrected chi connectivity index (χ2v) is 4.31. The topological polar surface area (TPSA) is 66.0 Å². The first-order chi connectivity index (χ1) is 9.67. The third-order valence-electron chi connectivity index (χ3n) is 2.68. The number of nitriles is 1. The molecule has 4 nitrogen and oxygen atoms in total. The van der Waals surface area contributed by atoms with Crippen molar-refractivity contribution < 1.29 is 9.21 Å². The number of hydrogen-bond donors (Lipinski definition) is 1. The van der Waals surface area contributed by atoms with Gasteiger partial charge in [-0.1, -0.05) is 12.1 Å². The summed E-state index contributed by atoms with van der Waals surface area (Å²) in [5, 5.41) is 11.5. The Hall–Kier alpha value is -2.80. The van der Waals surface area contributed by atoms with E-state index >= 15 is 0 Å². The van der Waals surface area contributed by atoms with Crippen molar-refractivity contribution in [1.82, 2.24) is 5.32 Å². The molecule has 0 fully saturated rings. The van der Waals surface area contributed by atoms with Crippen LogP contribution in [-0.2, 0) is 11.3 Å². The van der Waals surface area contributed by atoms with Crippen LogP contribution in [-0.4, -0.2) is 5.91 Å². The predicted octanol–water partition coefficient (Wildman–Crippen LogP) is 2.79. The maximum atomic E-state index is 11.6. The van der Waals surface area contributed by atoms with Gasteiger partial charge in [-0.05, 0) is 42.8 Å². The Morgan fingerprint density at radius 3 is 2.95 bits per heavy atom. The summed E-state index contributed by atoms with van der Waals surface area (Å²) >= 11 is 0. The number of nitrogens with one attached hydrogen (secondary N) is 1. The molecule has 1 amide bonds. The molecule has 0 saturated heterocycles. The van der Waals surface area contributed by atoms with Crippen molar-refractivity contribution >= 4 is 12.0 Å². The summed E-state index contributed by atoms with van der Waals surface area (Å²) in [6, 6.07) is 12.8. The maximum absolute atomic E-state index is 11.6. The Labute approximate surface area is 117 Å². The van der Waals surface area contributed by atoms with Crippen molar-refractivity contribution in [3.63, 3.8) is 0 Å². The van der Waals surface area contributed by atoms with E-state index in [0.29, 0.717) is 17.9 Å². The van der Waals surface area contributed by atoms with Crippen LogP contribution in [0.1, 0.15) is 22.6 Å².